The monoisotopic (exact) mass is 476 g/mol. The van der Waals surface area contributed by atoms with Crippen molar-refractivity contribution < 1.29 is 18.0 Å². The van der Waals surface area contributed by atoms with Gasteiger partial charge in [-0.15, -0.1) is 0 Å². The first-order chi connectivity index (χ1) is 16.0. The first-order valence-electron chi connectivity index (χ1n) is 11.5. The summed E-state index contributed by atoms with van der Waals surface area (Å²) >= 11 is 0. The molecule has 1 aromatic carbocycles. The predicted octanol–water partition coefficient (Wildman–Crippen LogP) is 6.17. The largest absolute Gasteiger partial charge is 0.389 e. The van der Waals surface area contributed by atoms with Gasteiger partial charge in [0.05, 0.1) is 5.54 Å². The summed E-state index contributed by atoms with van der Waals surface area (Å²) in [6.45, 7) is 11.8. The van der Waals surface area contributed by atoms with E-state index >= 15 is 0 Å². The second-order valence-electron chi connectivity index (χ2n) is 8.68. The summed E-state index contributed by atoms with van der Waals surface area (Å²) in [5, 5.41) is 2.80. The van der Waals surface area contributed by atoms with Gasteiger partial charge in [0.2, 0.25) is 0 Å². The summed E-state index contributed by atoms with van der Waals surface area (Å²) in [5.74, 6) is 0. The van der Waals surface area contributed by atoms with Crippen molar-refractivity contribution in [3.05, 3.63) is 60.2 Å². The fraction of sp³-hybridized carbons (Fsp3) is 0.462. The normalized spacial score (nSPS) is 13.5. The Morgan fingerprint density at radius 3 is 2.47 bits per heavy atom. The van der Waals surface area contributed by atoms with Gasteiger partial charge in [0.25, 0.3) is 0 Å². The van der Waals surface area contributed by atoms with Gasteiger partial charge in [-0.25, -0.2) is 4.79 Å². The van der Waals surface area contributed by atoms with E-state index < -0.39 is 24.2 Å². The summed E-state index contributed by atoms with van der Waals surface area (Å²) in [6.07, 6.45) is -1.24. The molecule has 5 nitrogen and oxygen atoms in total. The molecule has 34 heavy (non-hydrogen) atoms. The molecular formula is C26H35F3N4O. The lowest BCUT2D eigenvalue weighted by Gasteiger charge is -2.39. The van der Waals surface area contributed by atoms with E-state index in [2.05, 4.69) is 16.9 Å². The topological polar surface area (TPSA) is 49.6 Å². The van der Waals surface area contributed by atoms with Gasteiger partial charge in [-0.1, -0.05) is 31.7 Å². The Kier molecular flexibility index (Phi) is 9.13. The molecule has 1 heterocycles. The second-order valence-corrected chi connectivity index (χ2v) is 8.68. The third kappa shape index (κ3) is 6.74. The molecule has 0 radical (unpaired) electrons. The van der Waals surface area contributed by atoms with Gasteiger partial charge in [0.15, 0.2) is 0 Å². The van der Waals surface area contributed by atoms with Crippen LogP contribution in [0.5, 0.6) is 0 Å². The van der Waals surface area contributed by atoms with Crippen molar-refractivity contribution in [2.24, 2.45) is 4.99 Å². The molecule has 1 atom stereocenters. The minimum absolute atomic E-state index is 0.136. The van der Waals surface area contributed by atoms with Crippen molar-refractivity contribution >= 4 is 12.2 Å². The quantitative estimate of drug-likeness (QED) is 0.462. The summed E-state index contributed by atoms with van der Waals surface area (Å²) in [4.78, 5) is 19.0. The van der Waals surface area contributed by atoms with Crippen LogP contribution < -0.4 is 10.8 Å². The summed E-state index contributed by atoms with van der Waals surface area (Å²) in [5.41, 5.74) is 2.94. The Labute approximate surface area is 200 Å². The molecule has 0 bridgehead atoms. The molecule has 1 aromatic heterocycles. The summed E-state index contributed by atoms with van der Waals surface area (Å²) in [6, 6.07) is 10.9. The second kappa shape index (κ2) is 11.4. The van der Waals surface area contributed by atoms with E-state index in [4.69, 9.17) is 0 Å². The number of nitrogens with zero attached hydrogens (tertiary/aromatic N) is 3. The Morgan fingerprint density at radius 1 is 1.21 bits per heavy atom. The SMILES string of the molecule is C=Cn1cc(-c2cccc(C(C)(C)N(CC)C(=O)NC(CC)CCC(F)(F)F)c2)ccc1=NC. The Balaban J connectivity index is 2.31. The van der Waals surface area contributed by atoms with Gasteiger partial charge in [0, 0.05) is 38.5 Å². The van der Waals surface area contributed by atoms with Crippen LogP contribution in [-0.2, 0) is 5.54 Å². The van der Waals surface area contributed by atoms with Crippen molar-refractivity contribution in [1.82, 2.24) is 14.8 Å². The zero-order chi connectivity index (χ0) is 25.5. The highest BCUT2D eigenvalue weighted by Gasteiger charge is 2.33. The Bertz CT molecular complexity index is 1060. The molecule has 0 aliphatic carbocycles. The highest BCUT2D eigenvalue weighted by molar-refractivity contribution is 5.76. The van der Waals surface area contributed by atoms with Crippen molar-refractivity contribution in [3.8, 4) is 11.1 Å². The van der Waals surface area contributed by atoms with Gasteiger partial charge in [-0.2, -0.15) is 13.2 Å². The fourth-order valence-corrected chi connectivity index (χ4v) is 4.01. The Hall–Kier alpha value is -3.03. The van der Waals surface area contributed by atoms with E-state index in [9.17, 15) is 18.0 Å². The number of aromatic nitrogens is 1. The molecule has 1 unspecified atom stereocenters. The maximum Gasteiger partial charge on any atom is 0.389 e. The zero-order valence-electron chi connectivity index (χ0n) is 20.6. The number of nitrogens with one attached hydrogen (secondary N) is 1. The van der Waals surface area contributed by atoms with Crippen LogP contribution in [0.1, 0.15) is 52.5 Å². The van der Waals surface area contributed by atoms with E-state index in [1.54, 1.807) is 25.1 Å². The highest BCUT2D eigenvalue weighted by atomic mass is 19.4. The molecule has 0 aliphatic rings. The van der Waals surface area contributed by atoms with Crippen molar-refractivity contribution in [2.75, 3.05) is 13.6 Å². The number of carbonyl (C=O) groups excluding carboxylic acids is 1. The van der Waals surface area contributed by atoms with Gasteiger partial charge in [-0.05, 0) is 68.5 Å². The average molecular weight is 477 g/mol. The van der Waals surface area contributed by atoms with Crippen molar-refractivity contribution in [3.63, 3.8) is 0 Å². The molecule has 0 fully saturated rings. The van der Waals surface area contributed by atoms with E-state index in [0.29, 0.717) is 13.0 Å². The zero-order valence-corrected chi connectivity index (χ0v) is 20.6. The number of urea groups is 1. The number of carbonyl (C=O) groups is 1. The van der Waals surface area contributed by atoms with Crippen LogP contribution in [0, 0.1) is 0 Å². The third-order valence-electron chi connectivity index (χ3n) is 6.12. The highest BCUT2D eigenvalue weighted by Crippen LogP contribution is 2.31. The van der Waals surface area contributed by atoms with Crippen LogP contribution in [-0.4, -0.2) is 41.3 Å². The number of benzene rings is 1. The predicted molar refractivity (Wildman–Crippen MR) is 131 cm³/mol. The molecule has 0 saturated heterocycles. The molecule has 1 N–H and O–H groups in total. The number of amides is 2. The van der Waals surface area contributed by atoms with E-state index in [-0.39, 0.29) is 12.5 Å². The maximum absolute atomic E-state index is 13.1. The number of alkyl halides is 3. The van der Waals surface area contributed by atoms with E-state index in [1.807, 2.05) is 67.9 Å². The molecule has 8 heteroatoms. The van der Waals surface area contributed by atoms with Gasteiger partial charge in [-0.3, -0.25) is 4.99 Å². The van der Waals surface area contributed by atoms with Crippen LogP contribution in [0.25, 0.3) is 17.3 Å². The average Bonchev–Trinajstić information content (AvgIpc) is 2.81. The fourth-order valence-electron chi connectivity index (χ4n) is 4.01. The molecule has 2 aromatic rings. The number of pyridine rings is 1. The first kappa shape index (κ1) is 27.2. The molecular weight excluding hydrogens is 441 g/mol. The van der Waals surface area contributed by atoms with E-state index in [0.717, 1.165) is 22.2 Å². The maximum atomic E-state index is 13.1. The van der Waals surface area contributed by atoms with Crippen LogP contribution in [0.4, 0.5) is 18.0 Å². The van der Waals surface area contributed by atoms with Crippen LogP contribution in [0.2, 0.25) is 0 Å². The number of hydrogen-bond acceptors (Lipinski definition) is 2. The summed E-state index contributed by atoms with van der Waals surface area (Å²) < 4.78 is 39.8. The lowest BCUT2D eigenvalue weighted by Crippen LogP contribution is -2.52. The molecule has 0 aliphatic heterocycles. The molecule has 0 spiro atoms. The number of hydrogen-bond donors (Lipinski definition) is 1. The number of halogens is 3. The number of rotatable bonds is 9. The Morgan fingerprint density at radius 2 is 1.91 bits per heavy atom. The van der Waals surface area contributed by atoms with Crippen LogP contribution in [0.3, 0.4) is 0 Å². The minimum atomic E-state index is -4.24. The van der Waals surface area contributed by atoms with Crippen molar-refractivity contribution in [1.29, 1.82) is 0 Å². The van der Waals surface area contributed by atoms with Crippen LogP contribution in [0.15, 0.2) is 54.2 Å². The summed E-state index contributed by atoms with van der Waals surface area (Å²) in [7, 11) is 1.72. The molecule has 2 rings (SSSR count). The molecule has 2 amide bonds. The first-order valence-corrected chi connectivity index (χ1v) is 11.5. The molecule has 0 saturated carbocycles. The smallest absolute Gasteiger partial charge is 0.335 e. The van der Waals surface area contributed by atoms with Gasteiger partial charge >= 0.3 is 12.2 Å². The third-order valence-corrected chi connectivity index (χ3v) is 6.12. The van der Waals surface area contributed by atoms with Crippen molar-refractivity contribution in [2.45, 2.75) is 64.7 Å². The van der Waals surface area contributed by atoms with E-state index in [1.165, 1.54) is 0 Å². The van der Waals surface area contributed by atoms with Gasteiger partial charge in [0.1, 0.15) is 5.49 Å². The van der Waals surface area contributed by atoms with Gasteiger partial charge < -0.3 is 14.8 Å². The lowest BCUT2D eigenvalue weighted by atomic mass is 9.90. The van der Waals surface area contributed by atoms with Crippen LogP contribution >= 0.6 is 0 Å². The standard InChI is InChI=1S/C26H35F3N4O/c1-7-22(15-16-26(27,28)29)31-24(34)33(9-3)25(4,5)21-12-10-11-19(17-21)20-13-14-23(30-6)32(8-2)18-20/h8,10-14,17-18,22H,2,7,9,15-16H2,1,3-6H3,(H,31,34). The molecule has 186 valence electrons. The minimum Gasteiger partial charge on any atom is -0.335 e. The lowest BCUT2D eigenvalue weighted by molar-refractivity contribution is -0.136.